The van der Waals surface area contributed by atoms with Crippen LogP contribution in [0.15, 0.2) is 30.3 Å². The molecular weight excluding hydrogens is 168 g/mol. The third kappa shape index (κ3) is 3.37. The second-order valence-corrected chi connectivity index (χ2v) is 4.43. The summed E-state index contributed by atoms with van der Waals surface area (Å²) in [7, 11) is 0. The van der Waals surface area contributed by atoms with Gasteiger partial charge in [0.1, 0.15) is 0 Å². The largest absolute Gasteiger partial charge is 0.0814 e. The lowest BCUT2D eigenvalue weighted by Crippen LogP contribution is -1.87. The monoisotopic (exact) mass is 188 g/mol. The molecule has 0 amide bonds. The average molecular weight is 188 g/mol. The Morgan fingerprint density at radius 3 is 2.36 bits per heavy atom. The quantitative estimate of drug-likeness (QED) is 0.656. The highest BCUT2D eigenvalue weighted by molar-refractivity contribution is 5.50. The van der Waals surface area contributed by atoms with E-state index >= 15 is 0 Å². The van der Waals surface area contributed by atoms with Gasteiger partial charge in [-0.3, -0.25) is 0 Å². The van der Waals surface area contributed by atoms with Crippen LogP contribution in [-0.4, -0.2) is 0 Å². The van der Waals surface area contributed by atoms with Gasteiger partial charge in [-0.15, -0.1) is 0 Å². The SMILES string of the molecule is CC(C)/C=C/c1cccc(C(C)C)c1. The van der Waals surface area contributed by atoms with Crippen molar-refractivity contribution in [2.24, 2.45) is 5.92 Å². The zero-order valence-corrected chi connectivity index (χ0v) is 9.62. The Hall–Kier alpha value is -1.04. The summed E-state index contributed by atoms with van der Waals surface area (Å²) in [6.07, 6.45) is 4.44. The Labute approximate surface area is 87.7 Å². The highest BCUT2D eigenvalue weighted by Crippen LogP contribution is 2.16. The molecule has 0 aliphatic rings. The Balaban J connectivity index is 2.83. The fraction of sp³-hybridized carbons (Fsp3) is 0.429. The van der Waals surface area contributed by atoms with E-state index in [1.807, 2.05) is 0 Å². The second kappa shape index (κ2) is 4.99. The molecule has 1 aromatic rings. The number of hydrogen-bond acceptors (Lipinski definition) is 0. The first-order valence-electron chi connectivity index (χ1n) is 5.37. The van der Waals surface area contributed by atoms with Crippen molar-refractivity contribution in [3.63, 3.8) is 0 Å². The summed E-state index contributed by atoms with van der Waals surface area (Å²) in [5, 5.41) is 0. The van der Waals surface area contributed by atoms with Crippen molar-refractivity contribution < 1.29 is 0 Å². The first-order valence-corrected chi connectivity index (χ1v) is 5.37. The molecule has 0 saturated heterocycles. The van der Waals surface area contributed by atoms with Gasteiger partial charge in [0.15, 0.2) is 0 Å². The first-order chi connectivity index (χ1) is 6.59. The van der Waals surface area contributed by atoms with Gasteiger partial charge < -0.3 is 0 Å². The van der Waals surface area contributed by atoms with Gasteiger partial charge in [-0.25, -0.2) is 0 Å². The van der Waals surface area contributed by atoms with Crippen LogP contribution in [0.1, 0.15) is 44.7 Å². The zero-order valence-electron chi connectivity index (χ0n) is 9.62. The maximum absolute atomic E-state index is 2.27. The topological polar surface area (TPSA) is 0 Å². The van der Waals surface area contributed by atoms with E-state index in [-0.39, 0.29) is 0 Å². The predicted octanol–water partition coefficient (Wildman–Crippen LogP) is 4.48. The van der Waals surface area contributed by atoms with Crippen LogP contribution in [0.4, 0.5) is 0 Å². The van der Waals surface area contributed by atoms with Crippen LogP contribution in [0.2, 0.25) is 0 Å². The van der Waals surface area contributed by atoms with Crippen molar-refractivity contribution in [2.75, 3.05) is 0 Å². The molecule has 0 unspecified atom stereocenters. The smallest absolute Gasteiger partial charge is 0.0219 e. The molecule has 0 N–H and O–H groups in total. The molecule has 0 spiro atoms. The summed E-state index contributed by atoms with van der Waals surface area (Å²) >= 11 is 0. The standard InChI is InChI=1S/C14H20/c1-11(2)8-9-13-6-5-7-14(10-13)12(3)4/h5-12H,1-4H3/b9-8+. The lowest BCUT2D eigenvalue weighted by atomic mass is 10.0. The molecule has 0 nitrogen and oxygen atoms in total. The summed E-state index contributed by atoms with van der Waals surface area (Å²) in [5.41, 5.74) is 2.72. The van der Waals surface area contributed by atoms with Gasteiger partial charge in [-0.2, -0.15) is 0 Å². The van der Waals surface area contributed by atoms with Crippen LogP contribution < -0.4 is 0 Å². The van der Waals surface area contributed by atoms with Gasteiger partial charge in [0.2, 0.25) is 0 Å². The van der Waals surface area contributed by atoms with Crippen LogP contribution in [-0.2, 0) is 0 Å². The Kier molecular flexibility index (Phi) is 3.94. The van der Waals surface area contributed by atoms with Crippen LogP contribution in [0.3, 0.4) is 0 Å². The van der Waals surface area contributed by atoms with Gasteiger partial charge in [0.25, 0.3) is 0 Å². The van der Waals surface area contributed by atoms with Crippen molar-refractivity contribution >= 4 is 6.08 Å². The van der Waals surface area contributed by atoms with Crippen LogP contribution in [0.5, 0.6) is 0 Å². The predicted molar refractivity (Wildman–Crippen MR) is 64.4 cm³/mol. The van der Waals surface area contributed by atoms with E-state index in [1.54, 1.807) is 0 Å². The van der Waals surface area contributed by atoms with Crippen LogP contribution in [0.25, 0.3) is 6.08 Å². The number of rotatable bonds is 3. The molecule has 0 atom stereocenters. The average Bonchev–Trinajstić information content (AvgIpc) is 2.15. The summed E-state index contributed by atoms with van der Waals surface area (Å²) < 4.78 is 0. The fourth-order valence-electron chi connectivity index (χ4n) is 1.33. The van der Waals surface area contributed by atoms with E-state index in [2.05, 4.69) is 64.1 Å². The van der Waals surface area contributed by atoms with Crippen molar-refractivity contribution in [3.05, 3.63) is 41.5 Å². The molecule has 0 saturated carbocycles. The van der Waals surface area contributed by atoms with E-state index < -0.39 is 0 Å². The molecule has 0 bridgehead atoms. The molecule has 14 heavy (non-hydrogen) atoms. The summed E-state index contributed by atoms with van der Waals surface area (Å²) in [4.78, 5) is 0. The van der Waals surface area contributed by atoms with E-state index in [9.17, 15) is 0 Å². The third-order valence-corrected chi connectivity index (χ3v) is 2.25. The van der Waals surface area contributed by atoms with E-state index in [0.717, 1.165) is 0 Å². The lowest BCUT2D eigenvalue weighted by molar-refractivity contribution is 0.836. The number of benzene rings is 1. The van der Waals surface area contributed by atoms with Crippen molar-refractivity contribution in [1.82, 2.24) is 0 Å². The van der Waals surface area contributed by atoms with E-state index in [1.165, 1.54) is 11.1 Å². The minimum atomic E-state index is 0.613. The van der Waals surface area contributed by atoms with Gasteiger partial charge in [-0.05, 0) is 23.0 Å². The molecule has 0 aliphatic heterocycles. The third-order valence-electron chi connectivity index (χ3n) is 2.25. The molecule has 0 aromatic heterocycles. The Morgan fingerprint density at radius 2 is 1.79 bits per heavy atom. The molecule has 0 radical (unpaired) electrons. The molecule has 1 rings (SSSR count). The highest BCUT2D eigenvalue weighted by atomic mass is 14.0. The van der Waals surface area contributed by atoms with Crippen molar-refractivity contribution in [3.8, 4) is 0 Å². The van der Waals surface area contributed by atoms with Gasteiger partial charge >= 0.3 is 0 Å². The molecular formula is C14H20. The maximum atomic E-state index is 2.27. The molecule has 0 heteroatoms. The minimum absolute atomic E-state index is 0.613. The Morgan fingerprint density at radius 1 is 1.07 bits per heavy atom. The molecule has 1 aromatic carbocycles. The molecule has 0 fully saturated rings. The van der Waals surface area contributed by atoms with Crippen LogP contribution in [0, 0.1) is 5.92 Å². The van der Waals surface area contributed by atoms with Crippen LogP contribution >= 0.6 is 0 Å². The van der Waals surface area contributed by atoms with E-state index in [0.29, 0.717) is 11.8 Å². The molecule has 76 valence electrons. The summed E-state index contributed by atoms with van der Waals surface area (Å²) in [6, 6.07) is 8.75. The number of allylic oxidation sites excluding steroid dienone is 1. The second-order valence-electron chi connectivity index (χ2n) is 4.43. The maximum Gasteiger partial charge on any atom is -0.0219 e. The highest BCUT2D eigenvalue weighted by Gasteiger charge is 1.98. The molecule has 0 aliphatic carbocycles. The van der Waals surface area contributed by atoms with Crippen molar-refractivity contribution in [1.29, 1.82) is 0 Å². The summed E-state index contributed by atoms with van der Waals surface area (Å²) in [6.45, 7) is 8.85. The molecule has 0 heterocycles. The normalized spacial score (nSPS) is 11.9. The first kappa shape index (κ1) is 11.0. The summed E-state index contributed by atoms with van der Waals surface area (Å²) in [5.74, 6) is 1.24. The minimum Gasteiger partial charge on any atom is -0.0814 e. The van der Waals surface area contributed by atoms with Gasteiger partial charge in [0, 0.05) is 0 Å². The number of hydrogen-bond donors (Lipinski definition) is 0. The van der Waals surface area contributed by atoms with Gasteiger partial charge in [-0.1, -0.05) is 64.1 Å². The lowest BCUT2D eigenvalue weighted by Gasteiger charge is -2.05. The van der Waals surface area contributed by atoms with Gasteiger partial charge in [0.05, 0.1) is 0 Å². The van der Waals surface area contributed by atoms with E-state index in [4.69, 9.17) is 0 Å². The Bertz CT molecular complexity index is 306. The fourth-order valence-corrected chi connectivity index (χ4v) is 1.33. The zero-order chi connectivity index (χ0) is 10.6. The van der Waals surface area contributed by atoms with Crippen molar-refractivity contribution in [2.45, 2.75) is 33.6 Å².